The Morgan fingerprint density at radius 3 is 2.11 bits per heavy atom. The molecular formula is C19H21N3O5S. The van der Waals surface area contributed by atoms with Gasteiger partial charge in [0.05, 0.1) is 16.2 Å². The van der Waals surface area contributed by atoms with Gasteiger partial charge in [-0.25, -0.2) is 8.42 Å². The van der Waals surface area contributed by atoms with Crippen molar-refractivity contribution in [1.82, 2.24) is 9.21 Å². The van der Waals surface area contributed by atoms with E-state index in [0.717, 1.165) is 11.1 Å². The van der Waals surface area contributed by atoms with Crippen LogP contribution in [0.25, 0.3) is 0 Å². The summed E-state index contributed by atoms with van der Waals surface area (Å²) in [5.74, 6) is -0.0313. The normalized spacial score (nSPS) is 15.4. The topological polar surface area (TPSA) is 101 Å². The Labute approximate surface area is 163 Å². The molecule has 1 amide bonds. The monoisotopic (exact) mass is 403 g/mol. The van der Waals surface area contributed by atoms with Crippen LogP contribution in [0, 0.1) is 17.0 Å². The van der Waals surface area contributed by atoms with Gasteiger partial charge in [-0.1, -0.05) is 29.8 Å². The Morgan fingerprint density at radius 2 is 1.57 bits per heavy atom. The number of benzene rings is 2. The van der Waals surface area contributed by atoms with Gasteiger partial charge in [0.2, 0.25) is 15.9 Å². The molecule has 0 unspecified atom stereocenters. The van der Waals surface area contributed by atoms with Crippen LogP contribution in [-0.4, -0.2) is 54.6 Å². The van der Waals surface area contributed by atoms with Crippen molar-refractivity contribution < 1.29 is 18.1 Å². The van der Waals surface area contributed by atoms with Gasteiger partial charge in [-0.05, 0) is 24.6 Å². The molecule has 1 aliphatic rings. The number of aryl methyl sites for hydroxylation is 1. The lowest BCUT2D eigenvalue weighted by atomic mass is 10.1. The molecule has 1 saturated heterocycles. The predicted molar refractivity (Wildman–Crippen MR) is 103 cm³/mol. The molecule has 0 saturated carbocycles. The summed E-state index contributed by atoms with van der Waals surface area (Å²) in [7, 11) is -3.74. The minimum Gasteiger partial charge on any atom is -0.340 e. The molecule has 28 heavy (non-hydrogen) atoms. The van der Waals surface area contributed by atoms with Crippen molar-refractivity contribution in [3.8, 4) is 0 Å². The molecule has 0 spiro atoms. The highest BCUT2D eigenvalue weighted by atomic mass is 32.2. The zero-order valence-corrected chi connectivity index (χ0v) is 16.3. The van der Waals surface area contributed by atoms with Crippen LogP contribution in [-0.2, 0) is 21.2 Å². The Bertz CT molecular complexity index is 964. The lowest BCUT2D eigenvalue weighted by Crippen LogP contribution is -2.50. The van der Waals surface area contributed by atoms with Gasteiger partial charge in [0.25, 0.3) is 5.69 Å². The van der Waals surface area contributed by atoms with Crippen LogP contribution in [0.15, 0.2) is 53.4 Å². The van der Waals surface area contributed by atoms with Gasteiger partial charge in [-0.2, -0.15) is 4.31 Å². The van der Waals surface area contributed by atoms with Crippen LogP contribution in [0.2, 0.25) is 0 Å². The summed E-state index contributed by atoms with van der Waals surface area (Å²) in [6.07, 6.45) is 0.287. The third-order valence-electron chi connectivity index (χ3n) is 4.75. The molecule has 0 N–H and O–H groups in total. The molecule has 0 aliphatic carbocycles. The summed E-state index contributed by atoms with van der Waals surface area (Å²) in [6.45, 7) is 3.00. The third kappa shape index (κ3) is 4.37. The maximum absolute atomic E-state index is 12.7. The Balaban J connectivity index is 1.61. The van der Waals surface area contributed by atoms with Crippen molar-refractivity contribution in [1.29, 1.82) is 0 Å². The first kappa shape index (κ1) is 20.0. The van der Waals surface area contributed by atoms with Crippen molar-refractivity contribution in [2.24, 2.45) is 0 Å². The molecule has 148 valence electrons. The number of sulfonamides is 1. The van der Waals surface area contributed by atoms with E-state index < -0.39 is 14.9 Å². The second-order valence-electron chi connectivity index (χ2n) is 6.70. The van der Waals surface area contributed by atoms with E-state index in [4.69, 9.17) is 0 Å². The summed E-state index contributed by atoms with van der Waals surface area (Å²) in [6, 6.07) is 12.6. The summed E-state index contributed by atoms with van der Waals surface area (Å²) < 4.78 is 26.8. The maximum atomic E-state index is 12.7. The van der Waals surface area contributed by atoms with E-state index >= 15 is 0 Å². The van der Waals surface area contributed by atoms with Crippen molar-refractivity contribution >= 4 is 21.6 Å². The van der Waals surface area contributed by atoms with Gasteiger partial charge in [0.1, 0.15) is 0 Å². The molecule has 1 fully saturated rings. The van der Waals surface area contributed by atoms with E-state index in [-0.39, 0.29) is 36.0 Å². The van der Waals surface area contributed by atoms with Gasteiger partial charge < -0.3 is 4.90 Å². The first-order valence-corrected chi connectivity index (χ1v) is 10.3. The number of non-ortho nitro benzene ring substituents is 1. The lowest BCUT2D eigenvalue weighted by molar-refractivity contribution is -0.384. The summed E-state index contributed by atoms with van der Waals surface area (Å²) >= 11 is 0. The molecule has 3 rings (SSSR count). The molecule has 0 atom stereocenters. The van der Waals surface area contributed by atoms with Crippen molar-refractivity contribution in [3.05, 3.63) is 69.8 Å². The number of rotatable bonds is 5. The highest BCUT2D eigenvalue weighted by Gasteiger charge is 2.30. The standard InChI is InChI=1S/C19H21N3O5S/c1-15-2-4-16(5-3-15)14-19(23)20-10-12-21(13-11-20)28(26,27)18-8-6-17(7-9-18)22(24)25/h2-9H,10-14H2,1H3. The summed E-state index contributed by atoms with van der Waals surface area (Å²) in [5, 5.41) is 10.7. The van der Waals surface area contributed by atoms with Crippen LogP contribution in [0.4, 0.5) is 5.69 Å². The van der Waals surface area contributed by atoms with Gasteiger partial charge >= 0.3 is 0 Å². The first-order valence-electron chi connectivity index (χ1n) is 8.85. The molecule has 2 aromatic rings. The van der Waals surface area contributed by atoms with E-state index in [2.05, 4.69) is 0 Å². The molecule has 0 bridgehead atoms. The van der Waals surface area contributed by atoms with Gasteiger partial charge in [0, 0.05) is 38.3 Å². The van der Waals surface area contributed by atoms with E-state index in [0.29, 0.717) is 13.1 Å². The molecule has 8 nitrogen and oxygen atoms in total. The van der Waals surface area contributed by atoms with Gasteiger partial charge in [-0.3, -0.25) is 14.9 Å². The number of carbonyl (C=O) groups is 1. The van der Waals surface area contributed by atoms with Crippen LogP contribution in [0.3, 0.4) is 0 Å². The molecule has 9 heteroatoms. The average Bonchev–Trinajstić information content (AvgIpc) is 2.70. The predicted octanol–water partition coefficient (Wildman–Crippen LogP) is 1.98. The van der Waals surface area contributed by atoms with E-state index in [1.807, 2.05) is 31.2 Å². The van der Waals surface area contributed by atoms with Crippen molar-refractivity contribution in [3.63, 3.8) is 0 Å². The number of piperazine rings is 1. The Morgan fingerprint density at radius 1 is 1.00 bits per heavy atom. The minimum atomic E-state index is -3.74. The van der Waals surface area contributed by atoms with Gasteiger partial charge in [-0.15, -0.1) is 0 Å². The highest BCUT2D eigenvalue weighted by molar-refractivity contribution is 7.89. The van der Waals surface area contributed by atoms with Crippen molar-refractivity contribution in [2.75, 3.05) is 26.2 Å². The smallest absolute Gasteiger partial charge is 0.269 e. The summed E-state index contributed by atoms with van der Waals surface area (Å²) in [5.41, 5.74) is 1.89. The van der Waals surface area contributed by atoms with E-state index in [1.54, 1.807) is 4.90 Å². The fraction of sp³-hybridized carbons (Fsp3) is 0.316. The largest absolute Gasteiger partial charge is 0.340 e. The molecular weight excluding hydrogens is 382 g/mol. The summed E-state index contributed by atoms with van der Waals surface area (Å²) in [4.78, 5) is 24.3. The lowest BCUT2D eigenvalue weighted by Gasteiger charge is -2.34. The number of hydrogen-bond donors (Lipinski definition) is 0. The number of nitrogens with zero attached hydrogens (tertiary/aromatic N) is 3. The molecule has 1 heterocycles. The van der Waals surface area contributed by atoms with E-state index in [9.17, 15) is 23.3 Å². The Kier molecular flexibility index (Phi) is 5.76. The maximum Gasteiger partial charge on any atom is 0.269 e. The molecule has 1 aliphatic heterocycles. The SMILES string of the molecule is Cc1ccc(CC(=O)N2CCN(S(=O)(=O)c3ccc([N+](=O)[O-])cc3)CC2)cc1. The fourth-order valence-corrected chi connectivity index (χ4v) is 4.48. The first-order chi connectivity index (χ1) is 13.3. The minimum absolute atomic E-state index is 0.0116. The van der Waals surface area contributed by atoms with Crippen LogP contribution in [0.5, 0.6) is 0 Å². The Hall–Kier alpha value is -2.78. The van der Waals surface area contributed by atoms with Crippen molar-refractivity contribution in [2.45, 2.75) is 18.2 Å². The zero-order valence-electron chi connectivity index (χ0n) is 15.4. The van der Waals surface area contributed by atoms with Crippen LogP contribution < -0.4 is 0 Å². The average molecular weight is 403 g/mol. The van der Waals surface area contributed by atoms with Crippen LogP contribution >= 0.6 is 0 Å². The molecule has 0 aromatic heterocycles. The number of nitro groups is 1. The number of hydrogen-bond acceptors (Lipinski definition) is 5. The number of amides is 1. The second kappa shape index (κ2) is 8.07. The fourth-order valence-electron chi connectivity index (χ4n) is 3.06. The molecule has 0 radical (unpaired) electrons. The number of nitro benzene ring substituents is 1. The second-order valence-corrected chi connectivity index (χ2v) is 8.64. The third-order valence-corrected chi connectivity index (χ3v) is 6.67. The quantitative estimate of drug-likeness (QED) is 0.561. The van der Waals surface area contributed by atoms with Crippen LogP contribution in [0.1, 0.15) is 11.1 Å². The highest BCUT2D eigenvalue weighted by Crippen LogP contribution is 2.21. The van der Waals surface area contributed by atoms with E-state index in [1.165, 1.54) is 28.6 Å². The zero-order chi connectivity index (χ0) is 20.3. The number of carbonyl (C=O) groups excluding carboxylic acids is 1. The molecule has 2 aromatic carbocycles. The van der Waals surface area contributed by atoms with Gasteiger partial charge in [0.15, 0.2) is 0 Å².